The number of methoxy groups -OCH3 is 1. The topological polar surface area (TPSA) is 134 Å². The minimum absolute atomic E-state index is 0.0913. The van der Waals surface area contributed by atoms with Gasteiger partial charge in [-0.25, -0.2) is 4.79 Å². The maximum Gasteiger partial charge on any atom is 0.342 e. The average molecular weight is 481 g/mol. The van der Waals surface area contributed by atoms with Crippen LogP contribution in [0.5, 0.6) is 11.5 Å². The van der Waals surface area contributed by atoms with Gasteiger partial charge < -0.3 is 29.9 Å². The number of phenols is 1. The van der Waals surface area contributed by atoms with Crippen LogP contribution in [0.25, 0.3) is 0 Å². The lowest BCUT2D eigenvalue weighted by Gasteiger charge is -2.66. The minimum atomic E-state index is -1.91. The molecule has 4 rings (SSSR count). The number of aliphatic hydroxyl groups excluding tert-OH is 1. The van der Waals surface area contributed by atoms with Crippen LogP contribution in [0.15, 0.2) is 17.7 Å². The number of hydrogen-bond acceptors (Lipinski definition) is 8. The van der Waals surface area contributed by atoms with Crippen LogP contribution in [-0.4, -0.2) is 63.2 Å². The van der Waals surface area contributed by atoms with Crippen molar-refractivity contribution in [3.8, 4) is 11.5 Å². The molecular weight excluding hydrogens is 452 g/mol. The first-order valence-electron chi connectivity index (χ1n) is 10.8. The summed E-state index contributed by atoms with van der Waals surface area (Å²) in [7, 11) is 1.37. The van der Waals surface area contributed by atoms with E-state index in [1.807, 2.05) is 13.8 Å². The largest absolute Gasteiger partial charge is 0.507 e. The van der Waals surface area contributed by atoms with Crippen LogP contribution in [0.2, 0.25) is 5.02 Å². The molecule has 0 saturated heterocycles. The summed E-state index contributed by atoms with van der Waals surface area (Å²) < 4.78 is 10.7. The maximum atomic E-state index is 13.0. The van der Waals surface area contributed by atoms with Gasteiger partial charge in [-0.15, -0.1) is 0 Å². The van der Waals surface area contributed by atoms with Crippen molar-refractivity contribution < 1.29 is 39.5 Å². The number of fused-ring (bicyclic) bond motifs is 3. The fraction of sp³-hybridized carbons (Fsp3) is 0.583. The van der Waals surface area contributed by atoms with Gasteiger partial charge in [-0.3, -0.25) is 4.79 Å². The molecule has 1 aromatic carbocycles. The van der Waals surface area contributed by atoms with E-state index in [-0.39, 0.29) is 40.3 Å². The number of hydrogen-bond donors (Lipinski definition) is 4. The van der Waals surface area contributed by atoms with Crippen molar-refractivity contribution >= 4 is 23.9 Å². The number of phenolic OH excluding ortho intramolecular Hbond substituents is 1. The van der Waals surface area contributed by atoms with Gasteiger partial charge in [-0.05, 0) is 36.8 Å². The molecule has 3 aliphatic rings. The molecule has 1 aromatic rings. The second-order valence-electron chi connectivity index (χ2n) is 10.5. The Balaban J connectivity index is 1.71. The highest BCUT2D eigenvalue weighted by Gasteiger charge is 2.77. The normalized spacial score (nSPS) is 38.5. The summed E-state index contributed by atoms with van der Waals surface area (Å²) in [6.45, 7) is 6.84. The Kier molecular flexibility index (Phi) is 5.23. The van der Waals surface area contributed by atoms with Gasteiger partial charge in [0.15, 0.2) is 0 Å². The first-order valence-corrected chi connectivity index (χ1v) is 11.1. The van der Waals surface area contributed by atoms with Crippen molar-refractivity contribution in [1.29, 1.82) is 0 Å². The lowest BCUT2D eigenvalue weighted by atomic mass is 9.43. The Labute approximate surface area is 196 Å². The van der Waals surface area contributed by atoms with Crippen molar-refractivity contribution in [2.75, 3.05) is 7.11 Å². The van der Waals surface area contributed by atoms with Crippen molar-refractivity contribution in [3.63, 3.8) is 0 Å². The highest BCUT2D eigenvalue weighted by atomic mass is 35.5. The molecule has 0 aromatic heterocycles. The van der Waals surface area contributed by atoms with E-state index in [4.69, 9.17) is 21.1 Å². The predicted octanol–water partition coefficient (Wildman–Crippen LogP) is 2.31. The van der Waals surface area contributed by atoms with Gasteiger partial charge in [0.25, 0.3) is 0 Å². The highest BCUT2D eigenvalue weighted by Crippen LogP contribution is 2.69. The Hall–Kier alpha value is -2.13. The van der Waals surface area contributed by atoms with Gasteiger partial charge in [0.2, 0.25) is 0 Å². The third kappa shape index (κ3) is 2.94. The molecule has 0 aliphatic heterocycles. The molecule has 180 valence electrons. The Morgan fingerprint density at radius 3 is 2.48 bits per heavy atom. The number of aliphatic hydroxyl groups is 3. The monoisotopic (exact) mass is 480 g/mol. The molecular formula is C24H29ClO8. The summed E-state index contributed by atoms with van der Waals surface area (Å²) in [5.41, 5.74) is -5.20. The van der Waals surface area contributed by atoms with Gasteiger partial charge in [-0.2, -0.15) is 0 Å². The van der Waals surface area contributed by atoms with Crippen LogP contribution < -0.4 is 4.74 Å². The second-order valence-corrected chi connectivity index (χ2v) is 10.9. The number of carbonyl (C=O) groups excluding carboxylic acids is 2. The van der Waals surface area contributed by atoms with Gasteiger partial charge >= 0.3 is 5.97 Å². The van der Waals surface area contributed by atoms with Gasteiger partial charge in [0.1, 0.15) is 35.1 Å². The standard InChI is InChI=1S/C24H29ClO8/c1-11-16(13(27)6-14(32-5)17(11)25)20(29)33-15-8-22(4)18-19(28)21(2,3)10-23(18,30)7-12(9-26)24(15,22)31/h6-7,9,15,18-19,27-28,30-31H,8,10H2,1-5H3/t15-,18?,19-,22-,23+,24+/m1/s1. The molecule has 4 N–H and O–H groups in total. The molecule has 33 heavy (non-hydrogen) atoms. The van der Waals surface area contributed by atoms with Crippen molar-refractivity contribution in [2.45, 2.75) is 63.9 Å². The molecule has 0 amide bonds. The number of esters is 1. The van der Waals surface area contributed by atoms with Crippen molar-refractivity contribution in [2.24, 2.45) is 16.7 Å². The van der Waals surface area contributed by atoms with Crippen LogP contribution in [0.1, 0.15) is 49.5 Å². The lowest BCUT2D eigenvalue weighted by molar-refractivity contribution is -0.272. The SMILES string of the molecule is COc1cc(O)c(C(=O)O[C@@H]2C[C@]3(C)C4[C@@H](O)C(C)(C)C[C@@]4(O)C=C(C=O)[C@]23O)c(C)c1Cl. The number of carbonyl (C=O) groups is 2. The zero-order chi connectivity index (χ0) is 24.7. The predicted molar refractivity (Wildman–Crippen MR) is 118 cm³/mol. The van der Waals surface area contributed by atoms with Gasteiger partial charge in [-0.1, -0.05) is 32.4 Å². The molecule has 2 fully saturated rings. The molecule has 0 radical (unpaired) electrons. The van der Waals surface area contributed by atoms with E-state index in [0.29, 0.717) is 6.29 Å². The third-order valence-electron chi connectivity index (χ3n) is 8.12. The summed E-state index contributed by atoms with van der Waals surface area (Å²) in [6, 6.07) is 1.19. The molecule has 1 unspecified atom stereocenters. The Morgan fingerprint density at radius 2 is 1.91 bits per heavy atom. The number of aromatic hydroxyl groups is 1. The minimum Gasteiger partial charge on any atom is -0.507 e. The molecule has 0 heterocycles. The molecule has 2 saturated carbocycles. The summed E-state index contributed by atoms with van der Waals surface area (Å²) in [6.07, 6.45) is -0.00604. The summed E-state index contributed by atoms with van der Waals surface area (Å²) in [4.78, 5) is 25.0. The van der Waals surface area contributed by atoms with E-state index in [1.165, 1.54) is 26.2 Å². The molecule has 3 aliphatic carbocycles. The van der Waals surface area contributed by atoms with Gasteiger partial charge in [0, 0.05) is 23.0 Å². The lowest BCUT2D eigenvalue weighted by Crippen LogP contribution is -2.76. The van der Waals surface area contributed by atoms with Crippen molar-refractivity contribution in [3.05, 3.63) is 33.9 Å². The number of ether oxygens (including phenoxy) is 2. The maximum absolute atomic E-state index is 13.0. The third-order valence-corrected chi connectivity index (χ3v) is 8.59. The highest BCUT2D eigenvalue weighted by molar-refractivity contribution is 6.33. The molecule has 9 heteroatoms. The number of halogens is 1. The fourth-order valence-electron chi connectivity index (χ4n) is 6.49. The van der Waals surface area contributed by atoms with Crippen molar-refractivity contribution in [1.82, 2.24) is 0 Å². The Bertz CT molecular complexity index is 1080. The number of rotatable bonds is 4. The Morgan fingerprint density at radius 1 is 1.27 bits per heavy atom. The van der Waals surface area contributed by atoms with Crippen LogP contribution in [0, 0.1) is 23.7 Å². The molecule has 0 bridgehead atoms. The van der Waals surface area contributed by atoms with E-state index >= 15 is 0 Å². The van der Waals surface area contributed by atoms with E-state index in [0.717, 1.165) is 0 Å². The van der Waals surface area contributed by atoms with Crippen LogP contribution in [0.3, 0.4) is 0 Å². The van der Waals surface area contributed by atoms with E-state index in [9.17, 15) is 30.0 Å². The van der Waals surface area contributed by atoms with Crippen LogP contribution >= 0.6 is 11.6 Å². The number of aldehydes is 1. The summed E-state index contributed by atoms with van der Waals surface area (Å²) in [5, 5.41) is 44.6. The van der Waals surface area contributed by atoms with E-state index in [2.05, 4.69) is 0 Å². The zero-order valence-electron chi connectivity index (χ0n) is 19.2. The smallest absolute Gasteiger partial charge is 0.342 e. The molecule has 0 spiro atoms. The van der Waals surface area contributed by atoms with Gasteiger partial charge in [0.05, 0.1) is 23.8 Å². The first-order chi connectivity index (χ1) is 15.2. The quantitative estimate of drug-likeness (QED) is 0.381. The first kappa shape index (κ1) is 24.0. The average Bonchev–Trinajstić information content (AvgIpc) is 2.91. The van der Waals surface area contributed by atoms with Crippen LogP contribution in [-0.2, 0) is 9.53 Å². The molecule has 6 atom stereocenters. The second kappa shape index (κ2) is 7.18. The summed E-state index contributed by atoms with van der Waals surface area (Å²) in [5.74, 6) is -1.90. The fourth-order valence-corrected chi connectivity index (χ4v) is 6.71. The summed E-state index contributed by atoms with van der Waals surface area (Å²) >= 11 is 6.22. The molecule has 8 nitrogen and oxygen atoms in total. The zero-order valence-corrected chi connectivity index (χ0v) is 19.9. The van der Waals surface area contributed by atoms with Crippen LogP contribution in [0.4, 0.5) is 0 Å². The van der Waals surface area contributed by atoms with E-state index < -0.39 is 51.9 Å². The number of benzene rings is 1. The van der Waals surface area contributed by atoms with E-state index in [1.54, 1.807) is 6.92 Å².